The Kier molecular flexibility index (Phi) is 5.10. The third-order valence-electron chi connectivity index (χ3n) is 2.41. The Morgan fingerprint density at radius 2 is 2.10 bits per heavy atom. The van der Waals surface area contributed by atoms with Gasteiger partial charge in [-0.25, -0.2) is 5.84 Å². The van der Waals surface area contributed by atoms with Gasteiger partial charge in [-0.05, 0) is 12.1 Å². The van der Waals surface area contributed by atoms with E-state index in [-0.39, 0.29) is 12.3 Å². The number of aromatic nitrogens is 1. The first-order valence-electron chi connectivity index (χ1n) is 6.01. The summed E-state index contributed by atoms with van der Waals surface area (Å²) < 4.78 is 15.7. The second-order valence-electron chi connectivity index (χ2n) is 3.87. The fourth-order valence-electron chi connectivity index (χ4n) is 1.47. The Balaban J connectivity index is 1.66. The summed E-state index contributed by atoms with van der Waals surface area (Å²) >= 11 is 0. The summed E-state index contributed by atoms with van der Waals surface area (Å²) in [5, 5.41) is 3.56. The van der Waals surface area contributed by atoms with Crippen LogP contribution in [0.2, 0.25) is 0 Å². The molecule has 7 heteroatoms. The third kappa shape index (κ3) is 4.08. The Hall–Kier alpha value is -2.38. The highest BCUT2D eigenvalue weighted by Gasteiger charge is 2.10. The number of nitrogens with two attached hydrogens (primary N) is 1. The van der Waals surface area contributed by atoms with E-state index in [4.69, 9.17) is 19.8 Å². The van der Waals surface area contributed by atoms with Crippen LogP contribution in [-0.4, -0.2) is 24.3 Å². The summed E-state index contributed by atoms with van der Waals surface area (Å²) in [5.74, 6) is 5.71. The fraction of sp³-hybridized carbons (Fsp3) is 0.231. The second kappa shape index (κ2) is 7.27. The zero-order valence-electron chi connectivity index (χ0n) is 10.7. The van der Waals surface area contributed by atoms with Gasteiger partial charge in [-0.2, -0.15) is 0 Å². The SMILES string of the molecule is NNC(=O)c1cc(COCCOc2ccccc2)on1. The highest BCUT2D eigenvalue weighted by atomic mass is 16.5. The smallest absolute Gasteiger partial charge is 0.287 e. The maximum absolute atomic E-state index is 11.1. The van der Waals surface area contributed by atoms with Crippen molar-refractivity contribution < 1.29 is 18.8 Å². The second-order valence-corrected chi connectivity index (χ2v) is 3.87. The lowest BCUT2D eigenvalue weighted by atomic mass is 10.3. The average molecular weight is 277 g/mol. The van der Waals surface area contributed by atoms with Crippen molar-refractivity contribution in [2.45, 2.75) is 6.61 Å². The van der Waals surface area contributed by atoms with Crippen molar-refractivity contribution in [3.63, 3.8) is 0 Å². The lowest BCUT2D eigenvalue weighted by Crippen LogP contribution is -2.30. The molecule has 0 radical (unpaired) electrons. The van der Waals surface area contributed by atoms with Crippen LogP contribution in [-0.2, 0) is 11.3 Å². The molecule has 1 aromatic heterocycles. The van der Waals surface area contributed by atoms with E-state index < -0.39 is 5.91 Å². The summed E-state index contributed by atoms with van der Waals surface area (Å²) in [4.78, 5) is 11.1. The number of nitrogens with zero attached hydrogens (tertiary/aromatic N) is 1. The van der Waals surface area contributed by atoms with Gasteiger partial charge in [0.05, 0.1) is 6.61 Å². The van der Waals surface area contributed by atoms with E-state index in [0.717, 1.165) is 5.75 Å². The molecular formula is C13H15N3O4. The topological polar surface area (TPSA) is 99.6 Å². The van der Waals surface area contributed by atoms with Crippen LogP contribution in [0.5, 0.6) is 5.75 Å². The van der Waals surface area contributed by atoms with Gasteiger partial charge in [-0.3, -0.25) is 10.2 Å². The van der Waals surface area contributed by atoms with E-state index in [0.29, 0.717) is 19.0 Å². The molecule has 0 saturated carbocycles. The molecule has 0 aliphatic rings. The number of ether oxygens (including phenoxy) is 2. The van der Waals surface area contributed by atoms with E-state index in [2.05, 4.69) is 5.16 Å². The number of nitrogens with one attached hydrogen (secondary N) is 1. The normalized spacial score (nSPS) is 10.2. The molecule has 1 aromatic carbocycles. The van der Waals surface area contributed by atoms with Crippen LogP contribution >= 0.6 is 0 Å². The minimum Gasteiger partial charge on any atom is -0.491 e. The van der Waals surface area contributed by atoms with Gasteiger partial charge in [0, 0.05) is 6.07 Å². The molecule has 20 heavy (non-hydrogen) atoms. The molecule has 0 aliphatic carbocycles. The number of hydrazine groups is 1. The minimum absolute atomic E-state index is 0.117. The summed E-state index contributed by atoms with van der Waals surface area (Å²) in [5.41, 5.74) is 2.08. The van der Waals surface area contributed by atoms with Crippen LogP contribution in [0.15, 0.2) is 40.9 Å². The largest absolute Gasteiger partial charge is 0.491 e. The minimum atomic E-state index is -0.507. The molecule has 0 spiro atoms. The van der Waals surface area contributed by atoms with Crippen LogP contribution < -0.4 is 16.0 Å². The van der Waals surface area contributed by atoms with Gasteiger partial charge >= 0.3 is 0 Å². The quantitative estimate of drug-likeness (QED) is 0.337. The Labute approximate surface area is 115 Å². The molecule has 1 amide bonds. The number of amides is 1. The number of nitrogen functional groups attached to an aromatic ring is 1. The molecule has 2 aromatic rings. The molecule has 0 aliphatic heterocycles. The molecule has 0 unspecified atom stereocenters. The maximum Gasteiger partial charge on any atom is 0.287 e. The van der Waals surface area contributed by atoms with Gasteiger partial charge in [0.15, 0.2) is 11.5 Å². The van der Waals surface area contributed by atoms with Gasteiger partial charge < -0.3 is 14.0 Å². The van der Waals surface area contributed by atoms with Crippen molar-refractivity contribution in [1.29, 1.82) is 0 Å². The van der Waals surface area contributed by atoms with Crippen molar-refractivity contribution >= 4 is 5.91 Å². The summed E-state index contributed by atoms with van der Waals surface area (Å²) in [7, 11) is 0. The number of hydrogen-bond donors (Lipinski definition) is 2. The molecular weight excluding hydrogens is 262 g/mol. The highest BCUT2D eigenvalue weighted by molar-refractivity contribution is 5.91. The van der Waals surface area contributed by atoms with Crippen LogP contribution in [0.25, 0.3) is 0 Å². The van der Waals surface area contributed by atoms with Crippen molar-refractivity contribution in [2.24, 2.45) is 5.84 Å². The fourth-order valence-corrected chi connectivity index (χ4v) is 1.47. The van der Waals surface area contributed by atoms with Gasteiger partial charge in [0.1, 0.15) is 19.0 Å². The first kappa shape index (κ1) is 14.0. The Morgan fingerprint density at radius 3 is 2.85 bits per heavy atom. The van der Waals surface area contributed by atoms with Crippen LogP contribution in [0.3, 0.4) is 0 Å². The van der Waals surface area contributed by atoms with Crippen molar-refractivity contribution in [1.82, 2.24) is 10.6 Å². The highest BCUT2D eigenvalue weighted by Crippen LogP contribution is 2.08. The van der Waals surface area contributed by atoms with E-state index in [1.165, 1.54) is 6.07 Å². The molecule has 0 atom stereocenters. The number of carbonyl (C=O) groups excluding carboxylic acids is 1. The molecule has 3 N–H and O–H groups in total. The molecule has 1 heterocycles. The summed E-state index contributed by atoms with van der Waals surface area (Å²) in [6, 6.07) is 10.9. The lowest BCUT2D eigenvalue weighted by Gasteiger charge is -2.05. The summed E-state index contributed by atoms with van der Waals surface area (Å²) in [6.45, 7) is 1.03. The number of hydrogen-bond acceptors (Lipinski definition) is 6. The summed E-state index contributed by atoms with van der Waals surface area (Å²) in [6.07, 6.45) is 0. The molecule has 0 fully saturated rings. The van der Waals surface area contributed by atoms with Gasteiger partial charge in [-0.1, -0.05) is 23.4 Å². The van der Waals surface area contributed by atoms with Crippen LogP contribution in [0.4, 0.5) is 0 Å². The first-order chi connectivity index (χ1) is 9.79. The van der Waals surface area contributed by atoms with E-state index in [1.54, 1.807) is 0 Å². The maximum atomic E-state index is 11.1. The predicted octanol–water partition coefficient (Wildman–Crippen LogP) is 0.874. The first-order valence-corrected chi connectivity index (χ1v) is 6.01. The number of para-hydroxylation sites is 1. The van der Waals surface area contributed by atoms with Gasteiger partial charge in [0.2, 0.25) is 0 Å². The predicted molar refractivity (Wildman–Crippen MR) is 69.7 cm³/mol. The lowest BCUT2D eigenvalue weighted by molar-refractivity contribution is 0.0746. The molecule has 0 bridgehead atoms. The standard InChI is InChI=1S/C13H15N3O4/c14-15-13(17)12-8-11(20-16-12)9-18-6-7-19-10-4-2-1-3-5-10/h1-5,8H,6-7,9,14H2,(H,15,17). The number of rotatable bonds is 7. The number of carbonyl (C=O) groups is 1. The Bertz CT molecular complexity index is 542. The average Bonchev–Trinajstić information content (AvgIpc) is 2.96. The molecule has 2 rings (SSSR count). The third-order valence-corrected chi connectivity index (χ3v) is 2.41. The van der Waals surface area contributed by atoms with E-state index in [9.17, 15) is 4.79 Å². The van der Waals surface area contributed by atoms with Crippen molar-refractivity contribution in [3.05, 3.63) is 47.9 Å². The molecule has 106 valence electrons. The zero-order valence-corrected chi connectivity index (χ0v) is 10.7. The zero-order chi connectivity index (χ0) is 14.2. The molecule has 0 saturated heterocycles. The number of benzene rings is 1. The van der Waals surface area contributed by atoms with E-state index in [1.807, 2.05) is 35.8 Å². The monoisotopic (exact) mass is 277 g/mol. The Morgan fingerprint density at radius 1 is 1.30 bits per heavy atom. The van der Waals surface area contributed by atoms with Crippen molar-refractivity contribution in [2.75, 3.05) is 13.2 Å². The van der Waals surface area contributed by atoms with E-state index >= 15 is 0 Å². The van der Waals surface area contributed by atoms with Crippen LogP contribution in [0, 0.1) is 0 Å². The van der Waals surface area contributed by atoms with Gasteiger partial charge in [0.25, 0.3) is 5.91 Å². The molecule has 7 nitrogen and oxygen atoms in total. The van der Waals surface area contributed by atoms with Gasteiger partial charge in [-0.15, -0.1) is 0 Å². The van der Waals surface area contributed by atoms with Crippen LogP contribution in [0.1, 0.15) is 16.2 Å². The van der Waals surface area contributed by atoms with Crippen molar-refractivity contribution in [3.8, 4) is 5.75 Å².